The molecule has 1 aromatic heterocycles. The van der Waals surface area contributed by atoms with Crippen molar-refractivity contribution in [3.05, 3.63) is 36.3 Å². The molecule has 0 spiro atoms. The molecule has 0 fully saturated rings. The van der Waals surface area contributed by atoms with Crippen molar-refractivity contribution in [3.63, 3.8) is 0 Å². The normalized spacial score (nSPS) is 12.9. The molecule has 0 N–H and O–H groups in total. The van der Waals surface area contributed by atoms with Crippen LogP contribution in [0.2, 0.25) is 0 Å². The van der Waals surface area contributed by atoms with Crippen LogP contribution in [0.4, 0.5) is 0 Å². The van der Waals surface area contributed by atoms with E-state index < -0.39 is 0 Å². The van der Waals surface area contributed by atoms with Gasteiger partial charge in [-0.05, 0) is 38.2 Å². The number of imidazole rings is 1. The van der Waals surface area contributed by atoms with Gasteiger partial charge in [0, 0.05) is 17.1 Å². The molecular weight excluding hydrogens is 280 g/mol. The molecule has 1 aromatic carbocycles. The Balaban J connectivity index is 2.49. The van der Waals surface area contributed by atoms with E-state index in [0.29, 0.717) is 12.5 Å². The largest absolute Gasteiger partial charge is 0.359 e. The van der Waals surface area contributed by atoms with E-state index in [1.165, 1.54) is 16.2 Å². The number of benzene rings is 1. The number of ether oxygens (including phenoxy) is 1. The molecule has 2 aromatic rings. The Bertz CT molecular complexity index is 575. The molecule has 0 saturated heterocycles. The highest BCUT2D eigenvalue weighted by molar-refractivity contribution is 7.98. The fraction of sp³-hybridized carbons (Fsp3) is 0.471. The minimum absolute atomic E-state index is 0.00905. The van der Waals surface area contributed by atoms with Crippen LogP contribution in [0, 0.1) is 0 Å². The SMILES string of the molecule is CCOC(C)n1cnc(C(C)C)c1-c1ccc(SC)cc1. The van der Waals surface area contributed by atoms with Crippen LogP contribution in [0.25, 0.3) is 11.3 Å². The Labute approximate surface area is 131 Å². The Morgan fingerprint density at radius 1 is 1.19 bits per heavy atom. The van der Waals surface area contributed by atoms with Crippen LogP contribution in [0.15, 0.2) is 35.5 Å². The van der Waals surface area contributed by atoms with Gasteiger partial charge in [0.2, 0.25) is 0 Å². The molecule has 0 bridgehead atoms. The molecule has 2 rings (SSSR count). The monoisotopic (exact) mass is 304 g/mol. The molecule has 0 amide bonds. The lowest BCUT2D eigenvalue weighted by atomic mass is 10.0. The molecule has 1 heterocycles. The van der Waals surface area contributed by atoms with Gasteiger partial charge in [0.1, 0.15) is 6.23 Å². The summed E-state index contributed by atoms with van der Waals surface area (Å²) in [4.78, 5) is 5.89. The van der Waals surface area contributed by atoms with Gasteiger partial charge >= 0.3 is 0 Å². The third-order valence-corrected chi connectivity index (χ3v) is 4.28. The maximum Gasteiger partial charge on any atom is 0.132 e. The average Bonchev–Trinajstić information content (AvgIpc) is 2.92. The van der Waals surface area contributed by atoms with E-state index in [0.717, 1.165) is 5.69 Å². The zero-order valence-electron chi connectivity index (χ0n) is 13.5. The smallest absolute Gasteiger partial charge is 0.132 e. The van der Waals surface area contributed by atoms with Crippen molar-refractivity contribution in [2.75, 3.05) is 12.9 Å². The molecule has 4 heteroatoms. The molecule has 0 aliphatic carbocycles. The number of nitrogens with zero attached hydrogens (tertiary/aromatic N) is 2. The van der Waals surface area contributed by atoms with E-state index in [1.807, 2.05) is 13.3 Å². The summed E-state index contributed by atoms with van der Waals surface area (Å²) < 4.78 is 7.88. The number of thioether (sulfide) groups is 1. The number of rotatable bonds is 6. The molecule has 0 radical (unpaired) electrons. The van der Waals surface area contributed by atoms with E-state index >= 15 is 0 Å². The summed E-state index contributed by atoms with van der Waals surface area (Å²) in [6.45, 7) is 9.13. The van der Waals surface area contributed by atoms with Crippen molar-refractivity contribution in [3.8, 4) is 11.3 Å². The number of hydrogen-bond donors (Lipinski definition) is 0. The highest BCUT2D eigenvalue weighted by atomic mass is 32.2. The van der Waals surface area contributed by atoms with E-state index in [2.05, 4.69) is 60.8 Å². The highest BCUT2D eigenvalue weighted by Gasteiger charge is 2.19. The average molecular weight is 304 g/mol. The molecule has 0 saturated carbocycles. The molecule has 0 aliphatic rings. The van der Waals surface area contributed by atoms with Crippen LogP contribution in [0.5, 0.6) is 0 Å². The first-order valence-electron chi connectivity index (χ1n) is 7.41. The lowest BCUT2D eigenvalue weighted by Crippen LogP contribution is -2.10. The summed E-state index contributed by atoms with van der Waals surface area (Å²) in [5.41, 5.74) is 3.48. The van der Waals surface area contributed by atoms with Gasteiger partial charge in [0.25, 0.3) is 0 Å². The maximum absolute atomic E-state index is 5.75. The summed E-state index contributed by atoms with van der Waals surface area (Å²) >= 11 is 1.76. The van der Waals surface area contributed by atoms with Gasteiger partial charge in [-0.2, -0.15) is 0 Å². The predicted octanol–water partition coefficient (Wildman–Crippen LogP) is 4.95. The van der Waals surface area contributed by atoms with Crippen molar-refractivity contribution < 1.29 is 4.74 Å². The standard InChI is InChI=1S/C17H24N2OS/c1-6-20-13(4)19-11-18-16(12(2)3)17(19)14-7-9-15(21-5)10-8-14/h7-13H,6H2,1-5H3. The first-order valence-corrected chi connectivity index (χ1v) is 8.63. The molecule has 0 aliphatic heterocycles. The van der Waals surface area contributed by atoms with E-state index in [-0.39, 0.29) is 6.23 Å². The fourth-order valence-electron chi connectivity index (χ4n) is 2.44. The van der Waals surface area contributed by atoms with Gasteiger partial charge < -0.3 is 9.30 Å². The second-order valence-electron chi connectivity index (χ2n) is 5.32. The summed E-state index contributed by atoms with van der Waals surface area (Å²) in [5, 5.41) is 0. The highest BCUT2D eigenvalue weighted by Crippen LogP contribution is 2.32. The van der Waals surface area contributed by atoms with Crippen molar-refractivity contribution in [2.24, 2.45) is 0 Å². The number of aromatic nitrogens is 2. The predicted molar refractivity (Wildman–Crippen MR) is 89.9 cm³/mol. The summed E-state index contributed by atoms with van der Waals surface area (Å²) in [7, 11) is 0. The molecule has 3 nitrogen and oxygen atoms in total. The molecule has 1 atom stereocenters. The van der Waals surface area contributed by atoms with Gasteiger partial charge in [0.15, 0.2) is 0 Å². The fourth-order valence-corrected chi connectivity index (χ4v) is 2.85. The first-order chi connectivity index (χ1) is 10.1. The molecular formula is C17H24N2OS. The van der Waals surface area contributed by atoms with Gasteiger partial charge in [-0.3, -0.25) is 0 Å². The van der Waals surface area contributed by atoms with Crippen molar-refractivity contribution in [2.45, 2.75) is 44.7 Å². The van der Waals surface area contributed by atoms with Crippen molar-refractivity contribution in [1.29, 1.82) is 0 Å². The van der Waals surface area contributed by atoms with Gasteiger partial charge in [-0.1, -0.05) is 26.0 Å². The van der Waals surface area contributed by atoms with Crippen LogP contribution in [0.3, 0.4) is 0 Å². The second-order valence-corrected chi connectivity index (χ2v) is 6.20. The van der Waals surface area contributed by atoms with E-state index in [9.17, 15) is 0 Å². The minimum atomic E-state index is -0.00905. The summed E-state index contributed by atoms with van der Waals surface area (Å²) in [6, 6.07) is 8.66. The van der Waals surface area contributed by atoms with Crippen LogP contribution >= 0.6 is 11.8 Å². The Kier molecular flexibility index (Phi) is 5.48. The molecule has 114 valence electrons. The Hall–Kier alpha value is -1.26. The first kappa shape index (κ1) is 16.1. The zero-order valence-corrected chi connectivity index (χ0v) is 14.3. The minimum Gasteiger partial charge on any atom is -0.359 e. The third-order valence-electron chi connectivity index (χ3n) is 3.53. The second kappa shape index (κ2) is 7.14. The molecule has 1 unspecified atom stereocenters. The summed E-state index contributed by atoms with van der Waals surface area (Å²) in [5.74, 6) is 0.385. The van der Waals surface area contributed by atoms with Crippen molar-refractivity contribution >= 4 is 11.8 Å². The zero-order chi connectivity index (χ0) is 15.4. The van der Waals surface area contributed by atoms with Gasteiger partial charge in [-0.25, -0.2) is 4.98 Å². The Morgan fingerprint density at radius 2 is 1.86 bits per heavy atom. The Morgan fingerprint density at radius 3 is 2.38 bits per heavy atom. The topological polar surface area (TPSA) is 27.1 Å². The van der Waals surface area contributed by atoms with Crippen LogP contribution in [0.1, 0.15) is 45.5 Å². The van der Waals surface area contributed by atoms with Crippen LogP contribution in [-0.2, 0) is 4.74 Å². The lowest BCUT2D eigenvalue weighted by Gasteiger charge is -2.18. The van der Waals surface area contributed by atoms with E-state index in [4.69, 9.17) is 4.74 Å². The molecule has 21 heavy (non-hydrogen) atoms. The third kappa shape index (κ3) is 3.50. The van der Waals surface area contributed by atoms with Crippen LogP contribution < -0.4 is 0 Å². The van der Waals surface area contributed by atoms with Gasteiger partial charge in [0.05, 0.1) is 17.7 Å². The quantitative estimate of drug-likeness (QED) is 0.706. The van der Waals surface area contributed by atoms with Crippen LogP contribution in [-0.4, -0.2) is 22.4 Å². The van der Waals surface area contributed by atoms with Crippen molar-refractivity contribution in [1.82, 2.24) is 9.55 Å². The number of hydrogen-bond acceptors (Lipinski definition) is 3. The summed E-state index contributed by atoms with van der Waals surface area (Å²) in [6.07, 6.45) is 3.98. The van der Waals surface area contributed by atoms with Gasteiger partial charge in [-0.15, -0.1) is 11.8 Å². The van der Waals surface area contributed by atoms with E-state index in [1.54, 1.807) is 11.8 Å². The maximum atomic E-state index is 5.75. The lowest BCUT2D eigenvalue weighted by molar-refractivity contribution is 0.0258.